The molecular weight excluding hydrogens is 554 g/mol. The minimum atomic E-state index is -0.634. The molecule has 1 saturated carbocycles. The van der Waals surface area contributed by atoms with Gasteiger partial charge >= 0.3 is 0 Å². The molecule has 3 fully saturated rings. The normalized spacial score (nSPS) is 24.9. The van der Waals surface area contributed by atoms with Gasteiger partial charge in [0.05, 0.1) is 6.10 Å². The Morgan fingerprint density at radius 3 is 2.38 bits per heavy atom. The van der Waals surface area contributed by atoms with Crippen molar-refractivity contribution in [1.82, 2.24) is 15.1 Å². The molecule has 214 valence electrons. The number of nitrogens with one attached hydrogen (secondary N) is 1. The zero-order valence-corrected chi connectivity index (χ0v) is 23.7. The van der Waals surface area contributed by atoms with Gasteiger partial charge < -0.3 is 14.5 Å². The second kappa shape index (κ2) is 10.6. The molecule has 4 amide bonds. The van der Waals surface area contributed by atoms with Gasteiger partial charge in [0, 0.05) is 42.2 Å². The maximum Gasteiger partial charge on any atom is 0.255 e. The maximum atomic E-state index is 13.6. The number of carbonyl (C=O) groups excluding carboxylic acids is 4. The van der Waals surface area contributed by atoms with Crippen LogP contribution in [0.5, 0.6) is 5.75 Å². The number of rotatable bonds is 5. The molecule has 9 heteroatoms. The molecule has 1 aliphatic carbocycles. The number of benzene rings is 3. The number of hydrogen-bond donors (Lipinski definition) is 1. The van der Waals surface area contributed by atoms with Crippen LogP contribution < -0.4 is 10.1 Å². The van der Waals surface area contributed by atoms with Gasteiger partial charge in [0.2, 0.25) is 11.8 Å². The molecular formula is C33H30ClN3O5. The quantitative estimate of drug-likeness (QED) is 0.439. The van der Waals surface area contributed by atoms with Gasteiger partial charge in [-0.05, 0) is 84.2 Å². The van der Waals surface area contributed by atoms with Crippen molar-refractivity contribution < 1.29 is 23.9 Å². The molecule has 3 heterocycles. The molecule has 3 aromatic rings. The van der Waals surface area contributed by atoms with Gasteiger partial charge in [-0.2, -0.15) is 0 Å². The average Bonchev–Trinajstić information content (AvgIpc) is 3.65. The van der Waals surface area contributed by atoms with E-state index in [0.29, 0.717) is 59.8 Å². The number of imide groups is 1. The predicted molar refractivity (Wildman–Crippen MR) is 156 cm³/mol. The highest BCUT2D eigenvalue weighted by atomic mass is 35.5. The third kappa shape index (κ3) is 4.83. The van der Waals surface area contributed by atoms with Crippen molar-refractivity contribution in [3.05, 3.63) is 88.4 Å². The van der Waals surface area contributed by atoms with Gasteiger partial charge in [-0.3, -0.25) is 24.5 Å². The van der Waals surface area contributed by atoms with E-state index >= 15 is 0 Å². The van der Waals surface area contributed by atoms with Crippen LogP contribution in [0, 0.1) is 11.8 Å². The molecule has 0 aromatic heterocycles. The summed E-state index contributed by atoms with van der Waals surface area (Å²) in [6.07, 6.45) is 2.34. The largest absolute Gasteiger partial charge is 0.490 e. The third-order valence-electron chi connectivity index (χ3n) is 9.11. The van der Waals surface area contributed by atoms with E-state index in [0.717, 1.165) is 29.5 Å². The van der Waals surface area contributed by atoms with Gasteiger partial charge in [-0.25, -0.2) is 0 Å². The molecule has 3 unspecified atom stereocenters. The van der Waals surface area contributed by atoms with Crippen LogP contribution >= 0.6 is 11.6 Å². The summed E-state index contributed by atoms with van der Waals surface area (Å²) < 4.78 is 6.39. The van der Waals surface area contributed by atoms with E-state index < -0.39 is 11.9 Å². The lowest BCUT2D eigenvalue weighted by Crippen LogP contribution is -2.52. The number of halogens is 1. The van der Waals surface area contributed by atoms with Crippen LogP contribution in [0.3, 0.4) is 0 Å². The van der Waals surface area contributed by atoms with E-state index in [-0.39, 0.29) is 30.2 Å². The number of piperidine rings is 1. The Hall–Kier alpha value is -4.17. The van der Waals surface area contributed by atoms with Gasteiger partial charge in [0.15, 0.2) is 0 Å². The van der Waals surface area contributed by atoms with E-state index in [2.05, 4.69) is 5.32 Å². The fourth-order valence-electron chi connectivity index (χ4n) is 7.04. The van der Waals surface area contributed by atoms with Crippen molar-refractivity contribution in [1.29, 1.82) is 0 Å². The smallest absolute Gasteiger partial charge is 0.255 e. The van der Waals surface area contributed by atoms with E-state index in [4.69, 9.17) is 16.3 Å². The van der Waals surface area contributed by atoms with Crippen molar-refractivity contribution in [3.8, 4) is 16.9 Å². The zero-order valence-electron chi connectivity index (χ0n) is 22.9. The molecule has 3 aromatic carbocycles. The van der Waals surface area contributed by atoms with Crippen LogP contribution in [0.15, 0.2) is 66.7 Å². The van der Waals surface area contributed by atoms with Crippen LogP contribution in [0.4, 0.5) is 0 Å². The minimum Gasteiger partial charge on any atom is -0.490 e. The van der Waals surface area contributed by atoms with Gasteiger partial charge in [-0.15, -0.1) is 0 Å². The summed E-state index contributed by atoms with van der Waals surface area (Å²) in [5.41, 5.74) is 3.97. The molecule has 3 aliphatic heterocycles. The average molecular weight is 584 g/mol. The predicted octanol–water partition coefficient (Wildman–Crippen LogP) is 4.70. The van der Waals surface area contributed by atoms with Gasteiger partial charge in [0.1, 0.15) is 11.8 Å². The lowest BCUT2D eigenvalue weighted by molar-refractivity contribution is -0.136. The van der Waals surface area contributed by atoms with E-state index in [1.54, 1.807) is 11.0 Å². The SMILES string of the molecule is O=C1CCC(N2Cc3cc(OC4CC5CN(C(=O)c6ccccc6-c6ccc(Cl)cc6)CC5C4)ccc3C2=O)C(=O)N1. The third-order valence-corrected chi connectivity index (χ3v) is 9.36. The van der Waals surface area contributed by atoms with Crippen LogP contribution in [0.2, 0.25) is 5.02 Å². The van der Waals surface area contributed by atoms with Crippen LogP contribution in [0.25, 0.3) is 11.1 Å². The summed E-state index contributed by atoms with van der Waals surface area (Å²) in [5.74, 6) is 0.609. The molecule has 7 rings (SSSR count). The van der Waals surface area contributed by atoms with Crippen molar-refractivity contribution >= 4 is 35.2 Å². The summed E-state index contributed by atoms with van der Waals surface area (Å²) in [7, 11) is 0. The number of ether oxygens (including phenoxy) is 1. The van der Waals surface area contributed by atoms with Gasteiger partial charge in [0.25, 0.3) is 11.8 Å². The Kier molecular flexibility index (Phi) is 6.73. The van der Waals surface area contributed by atoms with E-state index in [1.165, 1.54) is 0 Å². The van der Waals surface area contributed by atoms with Gasteiger partial charge in [-0.1, -0.05) is 41.9 Å². The first-order valence-corrected chi connectivity index (χ1v) is 14.8. The van der Waals surface area contributed by atoms with Crippen molar-refractivity contribution in [2.45, 2.75) is 44.4 Å². The highest BCUT2D eigenvalue weighted by molar-refractivity contribution is 6.30. The first-order chi connectivity index (χ1) is 20.3. The minimum absolute atomic E-state index is 0.0417. The Bertz CT molecular complexity index is 1590. The Morgan fingerprint density at radius 2 is 1.64 bits per heavy atom. The van der Waals surface area contributed by atoms with Crippen LogP contribution in [-0.4, -0.2) is 58.7 Å². The molecule has 4 aliphatic rings. The van der Waals surface area contributed by atoms with Crippen molar-refractivity contribution in [3.63, 3.8) is 0 Å². The monoisotopic (exact) mass is 583 g/mol. The molecule has 3 atom stereocenters. The Balaban J connectivity index is 0.982. The molecule has 42 heavy (non-hydrogen) atoms. The molecule has 0 bridgehead atoms. The van der Waals surface area contributed by atoms with Crippen molar-refractivity contribution in [2.75, 3.05) is 13.1 Å². The summed E-state index contributed by atoms with van der Waals surface area (Å²) in [4.78, 5) is 54.0. The maximum absolute atomic E-state index is 13.6. The highest BCUT2D eigenvalue weighted by Gasteiger charge is 2.44. The summed E-state index contributed by atoms with van der Waals surface area (Å²) >= 11 is 6.07. The number of fused-ring (bicyclic) bond motifs is 2. The Labute approximate surface area is 248 Å². The Morgan fingerprint density at radius 1 is 0.905 bits per heavy atom. The molecule has 0 spiro atoms. The van der Waals surface area contributed by atoms with E-state index in [1.807, 2.05) is 65.6 Å². The van der Waals surface area contributed by atoms with Crippen molar-refractivity contribution in [2.24, 2.45) is 11.8 Å². The molecule has 2 saturated heterocycles. The lowest BCUT2D eigenvalue weighted by Gasteiger charge is -2.29. The standard InChI is InChI=1S/C33H30ClN3O5/c34-23-7-5-19(6-8-23)26-3-1-2-4-28(26)32(40)36-16-20-13-25(14-21(20)17-36)42-24-9-10-27-22(15-24)18-37(33(27)41)29-11-12-30(38)35-31(29)39/h1-10,15,20-21,25,29H,11-14,16-18H2,(H,35,38,39). The number of hydrogen-bond acceptors (Lipinski definition) is 5. The van der Waals surface area contributed by atoms with Crippen LogP contribution in [0.1, 0.15) is 52.0 Å². The number of amides is 4. The fraction of sp³-hybridized carbons (Fsp3) is 0.333. The zero-order chi connectivity index (χ0) is 29.0. The highest BCUT2D eigenvalue weighted by Crippen LogP contribution is 2.41. The lowest BCUT2D eigenvalue weighted by atomic mass is 9.99. The number of nitrogens with zero attached hydrogens (tertiary/aromatic N) is 2. The second-order valence-corrected chi connectivity index (χ2v) is 12.1. The molecule has 0 radical (unpaired) electrons. The number of carbonyl (C=O) groups is 4. The number of likely N-dealkylation sites (tertiary alicyclic amines) is 1. The summed E-state index contributed by atoms with van der Waals surface area (Å²) in [6.45, 7) is 1.73. The molecule has 1 N–H and O–H groups in total. The van der Waals surface area contributed by atoms with Crippen LogP contribution in [-0.2, 0) is 16.1 Å². The summed E-state index contributed by atoms with van der Waals surface area (Å²) in [5, 5.41) is 3.00. The molecule has 8 nitrogen and oxygen atoms in total. The first-order valence-electron chi connectivity index (χ1n) is 14.4. The first kappa shape index (κ1) is 26.7. The fourth-order valence-corrected chi connectivity index (χ4v) is 7.17. The second-order valence-electron chi connectivity index (χ2n) is 11.7. The van der Waals surface area contributed by atoms with E-state index in [9.17, 15) is 19.2 Å². The topological polar surface area (TPSA) is 96.0 Å². The summed E-state index contributed by atoms with van der Waals surface area (Å²) in [6, 6.07) is 20.1.